The zero-order valence-corrected chi connectivity index (χ0v) is 17.2. The van der Waals surface area contributed by atoms with Crippen LogP contribution < -0.4 is 15.5 Å². The summed E-state index contributed by atoms with van der Waals surface area (Å²) in [4.78, 5) is 33.0. The van der Waals surface area contributed by atoms with Crippen molar-refractivity contribution >= 4 is 29.3 Å². The van der Waals surface area contributed by atoms with Crippen LogP contribution in [0.4, 0.5) is 0 Å². The molecule has 0 unspecified atom stereocenters. The van der Waals surface area contributed by atoms with Gasteiger partial charge >= 0.3 is 0 Å². The Hall–Kier alpha value is -2.84. The second-order valence-electron chi connectivity index (χ2n) is 6.01. The zero-order valence-electron chi connectivity index (χ0n) is 15.7. The van der Waals surface area contributed by atoms with Crippen molar-refractivity contribution in [1.29, 1.82) is 0 Å². The van der Waals surface area contributed by atoms with Gasteiger partial charge in [-0.2, -0.15) is 0 Å². The first-order chi connectivity index (χ1) is 14.1. The first-order valence-electron chi connectivity index (χ1n) is 8.74. The fraction of sp³-hybridized carbons (Fsp3) is 0.200. The number of nitrogens with zero attached hydrogens (tertiary/aromatic N) is 3. The maximum absolute atomic E-state index is 12.5. The van der Waals surface area contributed by atoms with Crippen LogP contribution in [-0.2, 0) is 23.6 Å². The Morgan fingerprint density at radius 2 is 2.00 bits per heavy atom. The SMILES string of the molecule is COc1cn(CC(=O)NCc2ccccc2Cl)c(CSc2ncccn2)cc1=O. The lowest BCUT2D eigenvalue weighted by Crippen LogP contribution is -2.29. The quantitative estimate of drug-likeness (QED) is 0.437. The maximum Gasteiger partial charge on any atom is 0.240 e. The van der Waals surface area contributed by atoms with E-state index in [1.165, 1.54) is 24.9 Å². The molecule has 0 aliphatic carbocycles. The molecule has 0 aliphatic heterocycles. The summed E-state index contributed by atoms with van der Waals surface area (Å²) in [5.41, 5.74) is 1.25. The summed E-state index contributed by atoms with van der Waals surface area (Å²) in [6.45, 7) is 0.352. The molecule has 0 saturated heterocycles. The second-order valence-corrected chi connectivity index (χ2v) is 7.36. The van der Waals surface area contributed by atoms with Crippen LogP contribution in [0.15, 0.2) is 64.9 Å². The molecule has 29 heavy (non-hydrogen) atoms. The lowest BCUT2D eigenvalue weighted by molar-refractivity contribution is -0.121. The third-order valence-electron chi connectivity index (χ3n) is 4.04. The summed E-state index contributed by atoms with van der Waals surface area (Å²) in [6.07, 6.45) is 4.84. The van der Waals surface area contributed by atoms with Crippen LogP contribution in [-0.4, -0.2) is 27.6 Å². The van der Waals surface area contributed by atoms with Gasteiger partial charge < -0.3 is 14.6 Å². The van der Waals surface area contributed by atoms with Crippen molar-refractivity contribution in [1.82, 2.24) is 19.9 Å². The minimum absolute atomic E-state index is 0.0344. The van der Waals surface area contributed by atoms with Gasteiger partial charge in [-0.15, -0.1) is 0 Å². The topological polar surface area (TPSA) is 86.1 Å². The number of rotatable bonds is 8. The average Bonchev–Trinajstić information content (AvgIpc) is 2.73. The molecule has 3 aromatic rings. The van der Waals surface area contributed by atoms with Gasteiger partial charge in [0.2, 0.25) is 11.3 Å². The molecule has 1 N–H and O–H groups in total. The number of thioether (sulfide) groups is 1. The highest BCUT2D eigenvalue weighted by Crippen LogP contribution is 2.19. The molecule has 2 aromatic heterocycles. The zero-order chi connectivity index (χ0) is 20.6. The average molecular weight is 431 g/mol. The van der Waals surface area contributed by atoms with E-state index in [0.29, 0.717) is 28.2 Å². The van der Waals surface area contributed by atoms with E-state index < -0.39 is 0 Å². The molecule has 0 bridgehead atoms. The molecule has 9 heteroatoms. The third-order valence-corrected chi connectivity index (χ3v) is 5.32. The number of nitrogens with one attached hydrogen (secondary N) is 1. The number of carbonyl (C=O) groups excluding carboxylic acids is 1. The van der Waals surface area contributed by atoms with E-state index in [2.05, 4.69) is 15.3 Å². The third kappa shape index (κ3) is 5.82. The molecule has 0 radical (unpaired) electrons. The molecule has 0 atom stereocenters. The summed E-state index contributed by atoms with van der Waals surface area (Å²) in [5, 5.41) is 4.03. The number of ether oxygens (including phenoxy) is 1. The Morgan fingerprint density at radius 1 is 1.24 bits per heavy atom. The number of amides is 1. The van der Waals surface area contributed by atoms with Gasteiger partial charge in [-0.1, -0.05) is 41.6 Å². The summed E-state index contributed by atoms with van der Waals surface area (Å²) < 4.78 is 6.81. The molecule has 1 amide bonds. The fourth-order valence-electron chi connectivity index (χ4n) is 2.56. The van der Waals surface area contributed by atoms with Gasteiger partial charge in [0, 0.05) is 41.5 Å². The molecular formula is C20H19ClN4O3S. The Labute approximate surface area is 177 Å². The number of halogens is 1. The lowest BCUT2D eigenvalue weighted by atomic mass is 10.2. The first-order valence-corrected chi connectivity index (χ1v) is 10.1. The number of benzene rings is 1. The van der Waals surface area contributed by atoms with Crippen LogP contribution in [0.1, 0.15) is 11.3 Å². The fourth-order valence-corrected chi connectivity index (χ4v) is 3.56. The highest BCUT2D eigenvalue weighted by atomic mass is 35.5. The van der Waals surface area contributed by atoms with Gasteiger partial charge in [0.05, 0.1) is 13.3 Å². The molecule has 7 nitrogen and oxygen atoms in total. The Morgan fingerprint density at radius 3 is 2.72 bits per heavy atom. The molecular weight excluding hydrogens is 412 g/mol. The van der Waals surface area contributed by atoms with Crippen molar-refractivity contribution in [2.75, 3.05) is 7.11 Å². The van der Waals surface area contributed by atoms with Gasteiger partial charge in [-0.05, 0) is 17.7 Å². The van der Waals surface area contributed by atoms with Gasteiger partial charge in [0.1, 0.15) is 6.54 Å². The smallest absolute Gasteiger partial charge is 0.240 e. The Balaban J connectivity index is 1.72. The van der Waals surface area contributed by atoms with Crippen LogP contribution in [0.3, 0.4) is 0 Å². The van der Waals surface area contributed by atoms with E-state index >= 15 is 0 Å². The lowest BCUT2D eigenvalue weighted by Gasteiger charge is -2.15. The molecule has 0 saturated carbocycles. The van der Waals surface area contributed by atoms with Gasteiger partial charge in [0.25, 0.3) is 0 Å². The number of hydrogen-bond donors (Lipinski definition) is 1. The minimum atomic E-state index is -0.246. The van der Waals surface area contributed by atoms with Crippen molar-refractivity contribution in [3.05, 3.63) is 81.5 Å². The van der Waals surface area contributed by atoms with E-state index in [0.717, 1.165) is 5.56 Å². The summed E-state index contributed by atoms with van der Waals surface area (Å²) in [6, 6.07) is 10.5. The number of aromatic nitrogens is 3. The normalized spacial score (nSPS) is 10.6. The molecule has 0 fully saturated rings. The van der Waals surface area contributed by atoms with Crippen LogP contribution in [0.5, 0.6) is 5.75 Å². The maximum atomic E-state index is 12.5. The largest absolute Gasteiger partial charge is 0.491 e. The summed E-state index contributed by atoms with van der Waals surface area (Å²) in [5.74, 6) is 0.396. The number of carbonyl (C=O) groups is 1. The van der Waals surface area contributed by atoms with Crippen molar-refractivity contribution in [3.63, 3.8) is 0 Å². The number of methoxy groups -OCH3 is 1. The Kier molecular flexibility index (Phi) is 7.26. The highest BCUT2D eigenvalue weighted by Gasteiger charge is 2.12. The van der Waals surface area contributed by atoms with E-state index in [9.17, 15) is 9.59 Å². The Bertz CT molecular complexity index is 1040. The van der Waals surface area contributed by atoms with Crippen LogP contribution in [0, 0.1) is 0 Å². The molecule has 1 aromatic carbocycles. The van der Waals surface area contributed by atoms with Crippen LogP contribution in [0.25, 0.3) is 0 Å². The van der Waals surface area contributed by atoms with E-state index in [-0.39, 0.29) is 23.6 Å². The van der Waals surface area contributed by atoms with Gasteiger partial charge in [-0.3, -0.25) is 9.59 Å². The van der Waals surface area contributed by atoms with Crippen molar-refractivity contribution in [3.8, 4) is 5.75 Å². The predicted octanol–water partition coefficient (Wildman–Crippen LogP) is 2.91. The monoisotopic (exact) mass is 430 g/mol. The number of pyridine rings is 1. The molecule has 2 heterocycles. The van der Waals surface area contributed by atoms with Crippen LogP contribution in [0.2, 0.25) is 5.02 Å². The van der Waals surface area contributed by atoms with E-state index in [1.807, 2.05) is 18.2 Å². The van der Waals surface area contributed by atoms with Gasteiger partial charge in [0.15, 0.2) is 10.9 Å². The van der Waals surface area contributed by atoms with E-state index in [1.54, 1.807) is 35.3 Å². The van der Waals surface area contributed by atoms with Crippen LogP contribution >= 0.6 is 23.4 Å². The first kappa shape index (κ1) is 20.9. The molecule has 0 spiro atoms. The summed E-state index contributed by atoms with van der Waals surface area (Å²) >= 11 is 7.50. The molecule has 150 valence electrons. The predicted molar refractivity (Wildman–Crippen MR) is 112 cm³/mol. The molecule has 3 rings (SSSR count). The van der Waals surface area contributed by atoms with Crippen molar-refractivity contribution < 1.29 is 9.53 Å². The molecule has 0 aliphatic rings. The van der Waals surface area contributed by atoms with Crippen molar-refractivity contribution in [2.24, 2.45) is 0 Å². The van der Waals surface area contributed by atoms with E-state index in [4.69, 9.17) is 16.3 Å². The van der Waals surface area contributed by atoms with Crippen molar-refractivity contribution in [2.45, 2.75) is 24.0 Å². The minimum Gasteiger partial charge on any atom is -0.491 e. The standard InChI is InChI=1S/C20H19ClN4O3S/c1-28-18-11-25(12-19(27)24-10-14-5-2-3-6-16(14)21)15(9-17(18)26)13-29-20-22-7-4-8-23-20/h2-9,11H,10,12-13H2,1H3,(H,24,27). The highest BCUT2D eigenvalue weighted by molar-refractivity contribution is 7.98. The van der Waals surface area contributed by atoms with Gasteiger partial charge in [-0.25, -0.2) is 9.97 Å². The number of hydrogen-bond acceptors (Lipinski definition) is 6. The second kappa shape index (κ2) is 10.1. The summed E-state index contributed by atoms with van der Waals surface area (Å²) in [7, 11) is 1.42.